The van der Waals surface area contributed by atoms with Crippen molar-refractivity contribution in [1.82, 2.24) is 10.2 Å². The van der Waals surface area contributed by atoms with Gasteiger partial charge in [0.2, 0.25) is 11.8 Å². The maximum atomic E-state index is 12.8. The molecule has 1 heterocycles. The van der Waals surface area contributed by atoms with E-state index in [1.54, 1.807) is 0 Å². The Balaban J connectivity index is 2.14. The van der Waals surface area contributed by atoms with Crippen LogP contribution in [-0.4, -0.2) is 35.3 Å². The van der Waals surface area contributed by atoms with Gasteiger partial charge in [-0.1, -0.05) is 20.8 Å². The number of carbonyl (C=O) groups is 2. The number of hydrogen-bond acceptors (Lipinski definition) is 2. The summed E-state index contributed by atoms with van der Waals surface area (Å²) >= 11 is 0. The minimum absolute atomic E-state index is 0.0162. The molecule has 2 amide bonds. The van der Waals surface area contributed by atoms with Crippen LogP contribution in [0.4, 0.5) is 0 Å². The molecular formula is C15H26N2O2. The molecule has 0 aromatic rings. The standard InChI is InChI=1S/C15H26N2O2/c1-10(2)11(3)9-17-8-7-13(18)16-15(4,14(17)19)12-5-6-12/h10-12H,5-9H2,1-4H3,(H,16,18). The van der Waals surface area contributed by atoms with E-state index in [0.717, 1.165) is 19.4 Å². The Morgan fingerprint density at radius 2 is 1.95 bits per heavy atom. The van der Waals surface area contributed by atoms with Crippen molar-refractivity contribution in [2.24, 2.45) is 17.8 Å². The van der Waals surface area contributed by atoms with Gasteiger partial charge in [-0.25, -0.2) is 0 Å². The molecule has 2 unspecified atom stereocenters. The number of nitrogens with one attached hydrogen (secondary N) is 1. The first-order chi connectivity index (χ1) is 8.84. The average molecular weight is 266 g/mol. The molecule has 0 aromatic heterocycles. The van der Waals surface area contributed by atoms with Gasteiger partial charge in [-0.15, -0.1) is 0 Å². The van der Waals surface area contributed by atoms with Gasteiger partial charge < -0.3 is 10.2 Å². The van der Waals surface area contributed by atoms with Gasteiger partial charge in [-0.3, -0.25) is 9.59 Å². The smallest absolute Gasteiger partial charge is 0.248 e. The van der Waals surface area contributed by atoms with Gasteiger partial charge in [-0.05, 0) is 37.5 Å². The number of hydrogen-bond donors (Lipinski definition) is 1. The van der Waals surface area contributed by atoms with Gasteiger partial charge >= 0.3 is 0 Å². The predicted octanol–water partition coefficient (Wildman–Crippen LogP) is 1.80. The fraction of sp³-hybridized carbons (Fsp3) is 0.867. The van der Waals surface area contributed by atoms with E-state index in [1.165, 1.54) is 0 Å². The Morgan fingerprint density at radius 3 is 2.47 bits per heavy atom. The summed E-state index contributed by atoms with van der Waals surface area (Å²) in [5.41, 5.74) is -0.662. The molecule has 19 heavy (non-hydrogen) atoms. The molecule has 0 spiro atoms. The van der Waals surface area contributed by atoms with Crippen LogP contribution in [0.5, 0.6) is 0 Å². The van der Waals surface area contributed by atoms with Crippen molar-refractivity contribution in [2.75, 3.05) is 13.1 Å². The second kappa shape index (κ2) is 5.14. The topological polar surface area (TPSA) is 49.4 Å². The van der Waals surface area contributed by atoms with Crippen LogP contribution in [-0.2, 0) is 9.59 Å². The second-order valence-corrected chi connectivity index (χ2v) is 6.75. The van der Waals surface area contributed by atoms with Crippen LogP contribution in [0.25, 0.3) is 0 Å². The van der Waals surface area contributed by atoms with E-state index in [-0.39, 0.29) is 11.8 Å². The largest absolute Gasteiger partial charge is 0.342 e. The fourth-order valence-electron chi connectivity index (χ4n) is 2.74. The second-order valence-electron chi connectivity index (χ2n) is 6.75. The first kappa shape index (κ1) is 14.4. The molecule has 108 valence electrons. The molecule has 1 aliphatic heterocycles. The minimum atomic E-state index is -0.662. The number of nitrogens with zero attached hydrogens (tertiary/aromatic N) is 1. The Hall–Kier alpha value is -1.06. The maximum Gasteiger partial charge on any atom is 0.248 e. The number of amides is 2. The first-order valence-electron chi connectivity index (χ1n) is 7.45. The zero-order chi connectivity index (χ0) is 14.2. The third-order valence-electron chi connectivity index (χ3n) is 4.78. The summed E-state index contributed by atoms with van der Waals surface area (Å²) in [6.45, 7) is 9.75. The third kappa shape index (κ3) is 2.93. The van der Waals surface area contributed by atoms with Crippen LogP contribution in [0, 0.1) is 17.8 Å². The highest BCUT2D eigenvalue weighted by Crippen LogP contribution is 2.41. The molecule has 1 saturated carbocycles. The summed E-state index contributed by atoms with van der Waals surface area (Å²) in [4.78, 5) is 26.5. The van der Waals surface area contributed by atoms with Gasteiger partial charge in [0.1, 0.15) is 5.54 Å². The number of carbonyl (C=O) groups excluding carboxylic acids is 2. The third-order valence-corrected chi connectivity index (χ3v) is 4.78. The maximum absolute atomic E-state index is 12.8. The molecule has 2 aliphatic rings. The van der Waals surface area contributed by atoms with Crippen molar-refractivity contribution in [2.45, 2.75) is 52.5 Å². The van der Waals surface area contributed by atoms with Crippen LogP contribution in [0.2, 0.25) is 0 Å². The van der Waals surface area contributed by atoms with E-state index in [2.05, 4.69) is 26.1 Å². The normalized spacial score (nSPS) is 30.3. The molecule has 0 radical (unpaired) electrons. The highest BCUT2D eigenvalue weighted by Gasteiger charge is 2.51. The van der Waals surface area contributed by atoms with Crippen LogP contribution in [0.1, 0.15) is 47.0 Å². The molecule has 1 aliphatic carbocycles. The van der Waals surface area contributed by atoms with E-state index in [1.807, 2.05) is 11.8 Å². The van der Waals surface area contributed by atoms with E-state index in [9.17, 15) is 9.59 Å². The lowest BCUT2D eigenvalue weighted by molar-refractivity contribution is -0.139. The van der Waals surface area contributed by atoms with Crippen molar-refractivity contribution in [3.05, 3.63) is 0 Å². The summed E-state index contributed by atoms with van der Waals surface area (Å²) in [5, 5.41) is 2.97. The molecule has 2 fully saturated rings. The Morgan fingerprint density at radius 1 is 1.32 bits per heavy atom. The van der Waals surface area contributed by atoms with E-state index < -0.39 is 5.54 Å². The van der Waals surface area contributed by atoms with Gasteiger partial charge in [-0.2, -0.15) is 0 Å². The van der Waals surface area contributed by atoms with E-state index in [4.69, 9.17) is 0 Å². The van der Waals surface area contributed by atoms with E-state index >= 15 is 0 Å². The Labute approximate surface area is 115 Å². The zero-order valence-corrected chi connectivity index (χ0v) is 12.5. The van der Waals surface area contributed by atoms with Crippen LogP contribution in [0.3, 0.4) is 0 Å². The van der Waals surface area contributed by atoms with Crippen molar-refractivity contribution in [3.8, 4) is 0 Å². The molecule has 0 aromatic carbocycles. The van der Waals surface area contributed by atoms with E-state index in [0.29, 0.717) is 30.7 Å². The lowest BCUT2D eigenvalue weighted by Gasteiger charge is -2.34. The van der Waals surface area contributed by atoms with Crippen molar-refractivity contribution in [1.29, 1.82) is 0 Å². The van der Waals surface area contributed by atoms with Crippen LogP contribution >= 0.6 is 0 Å². The van der Waals surface area contributed by atoms with Crippen molar-refractivity contribution < 1.29 is 9.59 Å². The summed E-state index contributed by atoms with van der Waals surface area (Å²) in [7, 11) is 0. The summed E-state index contributed by atoms with van der Waals surface area (Å²) in [5.74, 6) is 1.47. The van der Waals surface area contributed by atoms with Crippen molar-refractivity contribution in [3.63, 3.8) is 0 Å². The van der Waals surface area contributed by atoms with Gasteiger partial charge in [0.05, 0.1) is 0 Å². The Kier molecular flexibility index (Phi) is 3.88. The Bertz CT molecular complexity index is 376. The summed E-state index contributed by atoms with van der Waals surface area (Å²) in [6, 6.07) is 0. The lowest BCUT2D eigenvalue weighted by Crippen LogP contribution is -2.57. The molecule has 1 N–H and O–H groups in total. The van der Waals surface area contributed by atoms with Crippen molar-refractivity contribution >= 4 is 11.8 Å². The van der Waals surface area contributed by atoms with Crippen LogP contribution < -0.4 is 5.32 Å². The first-order valence-corrected chi connectivity index (χ1v) is 7.45. The molecule has 4 nitrogen and oxygen atoms in total. The molecule has 2 atom stereocenters. The molecule has 1 saturated heterocycles. The SMILES string of the molecule is CC(C)C(C)CN1CCC(=O)NC(C)(C2CC2)C1=O. The highest BCUT2D eigenvalue weighted by atomic mass is 16.2. The van der Waals surface area contributed by atoms with Crippen LogP contribution in [0.15, 0.2) is 0 Å². The average Bonchev–Trinajstić information content (AvgIpc) is 3.16. The predicted molar refractivity (Wildman–Crippen MR) is 74.5 cm³/mol. The van der Waals surface area contributed by atoms with Gasteiger partial charge in [0, 0.05) is 19.5 Å². The zero-order valence-electron chi connectivity index (χ0n) is 12.5. The molecule has 0 bridgehead atoms. The summed E-state index contributed by atoms with van der Waals surface area (Å²) < 4.78 is 0. The summed E-state index contributed by atoms with van der Waals surface area (Å²) in [6.07, 6.45) is 2.53. The quantitative estimate of drug-likeness (QED) is 0.843. The molecule has 4 heteroatoms. The fourth-order valence-corrected chi connectivity index (χ4v) is 2.74. The monoisotopic (exact) mass is 266 g/mol. The molecule has 2 rings (SSSR count). The minimum Gasteiger partial charge on any atom is -0.342 e. The highest BCUT2D eigenvalue weighted by molar-refractivity contribution is 5.93. The number of rotatable bonds is 4. The van der Waals surface area contributed by atoms with Gasteiger partial charge in [0.25, 0.3) is 0 Å². The van der Waals surface area contributed by atoms with Gasteiger partial charge in [0.15, 0.2) is 0 Å². The molecular weight excluding hydrogens is 240 g/mol. The lowest BCUT2D eigenvalue weighted by atomic mass is 9.92.